The van der Waals surface area contributed by atoms with Crippen LogP contribution in [0.3, 0.4) is 0 Å². The molecule has 0 saturated carbocycles. The van der Waals surface area contributed by atoms with Gasteiger partial charge >= 0.3 is 0 Å². The van der Waals surface area contributed by atoms with E-state index in [9.17, 15) is 4.79 Å². The van der Waals surface area contributed by atoms with Crippen LogP contribution in [0, 0.1) is 0 Å². The summed E-state index contributed by atoms with van der Waals surface area (Å²) >= 11 is 10.8. The number of carbonyl (C=O) groups excluding carboxylic acids is 1. The molecule has 1 N–H and O–H groups in total. The molecule has 0 fully saturated rings. The highest BCUT2D eigenvalue weighted by Gasteiger charge is 2.35. The summed E-state index contributed by atoms with van der Waals surface area (Å²) in [6, 6.07) is 16.8. The number of thioether (sulfide) groups is 1. The van der Waals surface area contributed by atoms with E-state index >= 15 is 0 Å². The highest BCUT2D eigenvalue weighted by atomic mass is 79.9. The number of amidine groups is 1. The third-order valence-corrected chi connectivity index (χ3v) is 6.09. The molecule has 1 aromatic heterocycles. The standard InChI is InChI=1S/C21H14BrClN4O2S/c1-30-21-25-20(28)18-14-10-12(22)4-7-15(14)24-19(27(18)26-21)17-9-8-16(29-17)11-2-5-13(23)6-3-11/h2-10,19H,1H3,(H,25,26,28)/t19-/m0/s1. The van der Waals surface area contributed by atoms with Crippen LogP contribution in [0.2, 0.25) is 5.02 Å². The van der Waals surface area contributed by atoms with Crippen LogP contribution in [0.4, 0.5) is 0 Å². The van der Waals surface area contributed by atoms with Gasteiger partial charge in [0.25, 0.3) is 5.91 Å². The maximum absolute atomic E-state index is 12.9. The highest BCUT2D eigenvalue weighted by Crippen LogP contribution is 2.34. The number of benzene rings is 2. The molecule has 0 bridgehead atoms. The molecule has 0 aliphatic carbocycles. The lowest BCUT2D eigenvalue weighted by molar-refractivity contribution is -0.116. The van der Waals surface area contributed by atoms with E-state index in [1.165, 1.54) is 11.8 Å². The second-order valence-electron chi connectivity index (χ2n) is 6.63. The van der Waals surface area contributed by atoms with Crippen LogP contribution >= 0.6 is 39.3 Å². The summed E-state index contributed by atoms with van der Waals surface area (Å²) in [7, 11) is 0. The highest BCUT2D eigenvalue weighted by molar-refractivity contribution is 9.10. The van der Waals surface area contributed by atoms with E-state index < -0.39 is 6.17 Å². The van der Waals surface area contributed by atoms with E-state index in [-0.39, 0.29) is 5.91 Å². The van der Waals surface area contributed by atoms with Gasteiger partial charge in [0, 0.05) is 20.3 Å². The summed E-state index contributed by atoms with van der Waals surface area (Å²) in [5.74, 6) is 1.05. The molecular weight excluding hydrogens is 488 g/mol. The van der Waals surface area contributed by atoms with E-state index in [4.69, 9.17) is 21.0 Å². The Balaban J connectivity index is 1.66. The molecule has 0 unspecified atom stereocenters. The van der Waals surface area contributed by atoms with E-state index in [1.807, 2.05) is 60.9 Å². The van der Waals surface area contributed by atoms with Crippen LogP contribution in [0.1, 0.15) is 11.9 Å². The lowest BCUT2D eigenvalue weighted by Gasteiger charge is -2.32. The fraction of sp³-hybridized carbons (Fsp3) is 0.0952. The molecule has 9 heteroatoms. The third kappa shape index (κ3) is 3.34. The fourth-order valence-corrected chi connectivity index (χ4v) is 4.24. The van der Waals surface area contributed by atoms with Crippen molar-refractivity contribution in [2.75, 3.05) is 6.26 Å². The average Bonchev–Trinajstić information content (AvgIpc) is 3.23. The summed E-state index contributed by atoms with van der Waals surface area (Å²) in [5, 5.41) is 11.7. The predicted molar refractivity (Wildman–Crippen MR) is 121 cm³/mol. The molecule has 6 nitrogen and oxygen atoms in total. The zero-order valence-corrected chi connectivity index (χ0v) is 18.8. The molecule has 3 aromatic rings. The van der Waals surface area contributed by atoms with Gasteiger partial charge in [-0.3, -0.25) is 10.1 Å². The second-order valence-corrected chi connectivity index (χ2v) is 8.78. The number of nitrogens with zero attached hydrogens (tertiary/aromatic N) is 3. The second kappa shape index (κ2) is 7.61. The van der Waals surface area contributed by atoms with Gasteiger partial charge < -0.3 is 4.42 Å². The van der Waals surface area contributed by atoms with E-state index in [2.05, 4.69) is 26.3 Å². The molecule has 2 aliphatic rings. The molecule has 1 amide bonds. The molecule has 5 rings (SSSR count). The molecule has 150 valence electrons. The summed E-state index contributed by atoms with van der Waals surface area (Å²) in [6.45, 7) is 0. The number of hydrogen-bond acceptors (Lipinski definition) is 6. The number of amides is 1. The minimum absolute atomic E-state index is 0.224. The molecule has 1 atom stereocenters. The molecule has 2 aliphatic heterocycles. The maximum atomic E-state index is 12.9. The summed E-state index contributed by atoms with van der Waals surface area (Å²) in [4.78, 5) is 17.8. The molecular formula is C21H14BrClN4O2S. The Morgan fingerprint density at radius 3 is 2.73 bits per heavy atom. The summed E-state index contributed by atoms with van der Waals surface area (Å²) < 4.78 is 6.99. The largest absolute Gasteiger partial charge is 0.457 e. The van der Waals surface area contributed by atoms with Crippen molar-refractivity contribution in [1.29, 1.82) is 0 Å². The zero-order valence-electron chi connectivity index (χ0n) is 15.6. The van der Waals surface area contributed by atoms with Crippen molar-refractivity contribution in [2.24, 2.45) is 10.1 Å². The van der Waals surface area contributed by atoms with Gasteiger partial charge in [-0.05, 0) is 60.9 Å². The lowest BCUT2D eigenvalue weighted by Crippen LogP contribution is -2.50. The van der Waals surface area contributed by atoms with Gasteiger partial charge in [-0.2, -0.15) is 0 Å². The zero-order chi connectivity index (χ0) is 20.8. The Kier molecular flexibility index (Phi) is 4.92. The van der Waals surface area contributed by atoms with Crippen LogP contribution in [-0.2, 0) is 4.79 Å². The predicted octanol–water partition coefficient (Wildman–Crippen LogP) is 3.87. The van der Waals surface area contributed by atoms with Crippen molar-refractivity contribution in [2.45, 2.75) is 6.17 Å². The lowest BCUT2D eigenvalue weighted by atomic mass is 10.1. The van der Waals surface area contributed by atoms with Crippen LogP contribution in [0.5, 0.6) is 0 Å². The Morgan fingerprint density at radius 2 is 1.97 bits per heavy atom. The molecule has 0 spiro atoms. The van der Waals surface area contributed by atoms with Gasteiger partial charge in [-0.25, -0.2) is 10.0 Å². The first-order chi connectivity index (χ1) is 14.5. The van der Waals surface area contributed by atoms with Crippen molar-refractivity contribution >= 4 is 56.1 Å². The van der Waals surface area contributed by atoms with Gasteiger partial charge in [-0.15, -0.1) is 5.10 Å². The van der Waals surface area contributed by atoms with Crippen LogP contribution in [0.25, 0.3) is 17.0 Å². The van der Waals surface area contributed by atoms with Gasteiger partial charge in [0.15, 0.2) is 10.9 Å². The van der Waals surface area contributed by atoms with Crippen LogP contribution in [-0.4, -0.2) is 22.3 Å². The van der Waals surface area contributed by atoms with Crippen molar-refractivity contribution < 1.29 is 9.21 Å². The molecule has 30 heavy (non-hydrogen) atoms. The quantitative estimate of drug-likeness (QED) is 0.579. The van der Waals surface area contributed by atoms with Crippen molar-refractivity contribution in [3.8, 4) is 11.3 Å². The van der Waals surface area contributed by atoms with E-state index in [0.717, 1.165) is 10.0 Å². The summed E-state index contributed by atoms with van der Waals surface area (Å²) in [6.07, 6.45) is 1.26. The van der Waals surface area contributed by atoms with Crippen molar-refractivity contribution in [3.05, 3.63) is 80.4 Å². The Bertz CT molecular complexity index is 1320. The number of fused-ring (bicyclic) bond motifs is 2. The Morgan fingerprint density at radius 1 is 1.17 bits per heavy atom. The minimum Gasteiger partial charge on any atom is -0.457 e. The number of halogens is 2. The first-order valence-corrected chi connectivity index (χ1v) is 11.4. The number of carbonyl (C=O) groups is 1. The minimum atomic E-state index is -0.595. The van der Waals surface area contributed by atoms with Crippen LogP contribution in [0.15, 0.2) is 73.6 Å². The van der Waals surface area contributed by atoms with Gasteiger partial charge in [-0.1, -0.05) is 39.3 Å². The number of nitrogens with one attached hydrogen (secondary N) is 1. The number of hydrazone groups is 1. The van der Waals surface area contributed by atoms with Gasteiger partial charge in [0.05, 0.1) is 5.36 Å². The third-order valence-electron chi connectivity index (χ3n) is 4.77. The average molecular weight is 502 g/mol. The van der Waals surface area contributed by atoms with E-state index in [0.29, 0.717) is 38.0 Å². The normalized spacial score (nSPS) is 17.6. The summed E-state index contributed by atoms with van der Waals surface area (Å²) in [5.41, 5.74) is 1.34. The number of hydrogen-bond donors (Lipinski definition) is 1. The smallest absolute Gasteiger partial charge is 0.276 e. The molecule has 0 radical (unpaired) electrons. The Labute approximate surface area is 189 Å². The first-order valence-electron chi connectivity index (χ1n) is 9.00. The Hall–Kier alpha value is -2.55. The van der Waals surface area contributed by atoms with Crippen LogP contribution < -0.4 is 15.9 Å². The fourth-order valence-electron chi connectivity index (χ4n) is 3.39. The maximum Gasteiger partial charge on any atom is 0.276 e. The van der Waals surface area contributed by atoms with Crippen molar-refractivity contribution in [3.63, 3.8) is 0 Å². The first kappa shape index (κ1) is 19.4. The molecule has 3 heterocycles. The van der Waals surface area contributed by atoms with Gasteiger partial charge in [0.2, 0.25) is 6.17 Å². The number of furan rings is 1. The SMILES string of the molecule is CSC1=NN2C(=c3cc(Br)ccc3=N[C@@H]2c2ccc(-c3ccc(Cl)cc3)o2)C(=O)N1. The monoisotopic (exact) mass is 500 g/mol. The topological polar surface area (TPSA) is 70.2 Å². The molecule has 2 aromatic carbocycles. The van der Waals surface area contributed by atoms with E-state index in [1.54, 1.807) is 5.01 Å². The van der Waals surface area contributed by atoms with Gasteiger partial charge in [0.1, 0.15) is 11.5 Å². The molecule has 0 saturated heterocycles. The van der Waals surface area contributed by atoms with Crippen molar-refractivity contribution in [1.82, 2.24) is 10.3 Å². The number of rotatable bonds is 2.